The summed E-state index contributed by atoms with van der Waals surface area (Å²) in [4.78, 5) is 0. The van der Waals surface area contributed by atoms with Crippen LogP contribution in [0, 0.1) is 11.8 Å². The Hall–Kier alpha value is -0.540. The summed E-state index contributed by atoms with van der Waals surface area (Å²) in [6.07, 6.45) is -6.98. The summed E-state index contributed by atoms with van der Waals surface area (Å²) in [6.45, 7) is 2.02. The molecule has 22 heavy (non-hydrogen) atoms. The maximum atomic E-state index is 11.9. The van der Waals surface area contributed by atoms with Crippen LogP contribution in [0.1, 0.15) is 25.7 Å². The van der Waals surface area contributed by atoms with Crippen molar-refractivity contribution in [1.82, 2.24) is 10.6 Å². The Balaban J connectivity index is 0.000000360. The maximum absolute atomic E-state index is 11.9. The molecule has 2 aliphatic rings. The highest BCUT2D eigenvalue weighted by Gasteiger charge is 2.40. The molecule has 2 rings (SSSR count). The Bertz CT molecular complexity index is 240. The first kappa shape index (κ1) is 21.5. The average molecular weight is 337 g/mol. The fourth-order valence-electron chi connectivity index (χ4n) is 2.30. The third kappa shape index (κ3) is 8.79. The quantitative estimate of drug-likeness (QED) is 0.596. The molecule has 2 saturated heterocycles. The van der Waals surface area contributed by atoms with Crippen molar-refractivity contribution in [2.75, 3.05) is 33.2 Å². The summed E-state index contributed by atoms with van der Waals surface area (Å²) in [5.41, 5.74) is 4.50. The van der Waals surface area contributed by atoms with Gasteiger partial charge in [-0.2, -0.15) is 26.3 Å². The molecular weight excluding hydrogens is 312 g/mol. The van der Waals surface area contributed by atoms with Crippen LogP contribution < -0.4 is 16.4 Å². The second-order valence-corrected chi connectivity index (χ2v) is 5.13. The van der Waals surface area contributed by atoms with Crippen molar-refractivity contribution in [3.8, 4) is 0 Å². The largest absolute Gasteiger partial charge is 0.391 e. The van der Waals surface area contributed by atoms with E-state index in [0.29, 0.717) is 26.2 Å². The van der Waals surface area contributed by atoms with Crippen molar-refractivity contribution in [3.63, 3.8) is 0 Å². The van der Waals surface area contributed by atoms with Crippen molar-refractivity contribution < 1.29 is 26.3 Å². The van der Waals surface area contributed by atoms with Gasteiger partial charge in [-0.1, -0.05) is 0 Å². The molecule has 0 aromatic heterocycles. The van der Waals surface area contributed by atoms with Crippen LogP contribution in [0.25, 0.3) is 0 Å². The predicted octanol–water partition coefficient (Wildman–Crippen LogP) is 2.67. The molecule has 0 amide bonds. The Morgan fingerprint density at radius 1 is 0.636 bits per heavy atom. The first-order valence-corrected chi connectivity index (χ1v) is 7.34. The minimum Gasteiger partial charge on any atom is -0.333 e. The minimum atomic E-state index is -3.97. The van der Waals surface area contributed by atoms with Crippen LogP contribution in [0.15, 0.2) is 0 Å². The van der Waals surface area contributed by atoms with Crippen molar-refractivity contribution in [1.29, 1.82) is 0 Å². The number of alkyl halides is 6. The molecule has 0 radical (unpaired) electrons. The van der Waals surface area contributed by atoms with Gasteiger partial charge in [0.05, 0.1) is 11.8 Å². The lowest BCUT2D eigenvalue weighted by molar-refractivity contribution is -0.180. The van der Waals surface area contributed by atoms with Gasteiger partial charge in [0, 0.05) is 0 Å². The number of halogens is 6. The Morgan fingerprint density at radius 2 is 0.864 bits per heavy atom. The van der Waals surface area contributed by atoms with Crippen molar-refractivity contribution >= 4 is 0 Å². The highest BCUT2D eigenvalue weighted by atomic mass is 19.4. The predicted molar refractivity (Wildman–Crippen MR) is 73.4 cm³/mol. The van der Waals surface area contributed by atoms with E-state index in [-0.39, 0.29) is 25.7 Å². The summed E-state index contributed by atoms with van der Waals surface area (Å²) in [6, 6.07) is 0. The molecule has 2 aliphatic heterocycles. The molecule has 4 N–H and O–H groups in total. The van der Waals surface area contributed by atoms with Crippen LogP contribution in [0.5, 0.6) is 0 Å². The highest BCUT2D eigenvalue weighted by Crippen LogP contribution is 2.32. The Kier molecular flexibility index (Phi) is 10.0. The molecule has 0 aromatic rings. The van der Waals surface area contributed by atoms with Gasteiger partial charge in [0.15, 0.2) is 0 Å². The van der Waals surface area contributed by atoms with Crippen LogP contribution in [-0.4, -0.2) is 45.6 Å². The van der Waals surface area contributed by atoms with Gasteiger partial charge in [0.2, 0.25) is 0 Å². The monoisotopic (exact) mass is 337 g/mol. The number of piperidine rings is 2. The number of hydrogen-bond acceptors (Lipinski definition) is 3. The maximum Gasteiger partial charge on any atom is 0.391 e. The molecule has 0 unspecified atom stereocenters. The molecule has 9 heteroatoms. The first-order chi connectivity index (χ1) is 10.2. The third-order valence-electron chi connectivity index (χ3n) is 3.60. The number of hydrogen-bond donors (Lipinski definition) is 3. The second-order valence-electron chi connectivity index (χ2n) is 5.13. The summed E-state index contributed by atoms with van der Waals surface area (Å²) in [5, 5.41) is 5.77. The van der Waals surface area contributed by atoms with E-state index < -0.39 is 24.2 Å². The van der Waals surface area contributed by atoms with Crippen molar-refractivity contribution in [3.05, 3.63) is 0 Å². The van der Waals surface area contributed by atoms with E-state index in [1.54, 1.807) is 0 Å². The van der Waals surface area contributed by atoms with Gasteiger partial charge in [-0.3, -0.25) is 0 Å². The number of rotatable bonds is 0. The minimum absolute atomic E-state index is 0.240. The van der Waals surface area contributed by atoms with E-state index in [1.807, 2.05) is 0 Å². The van der Waals surface area contributed by atoms with Gasteiger partial charge < -0.3 is 16.4 Å². The zero-order valence-electron chi connectivity index (χ0n) is 12.7. The van der Waals surface area contributed by atoms with Crippen LogP contribution >= 0.6 is 0 Å². The van der Waals surface area contributed by atoms with Crippen LogP contribution in [-0.2, 0) is 0 Å². The summed E-state index contributed by atoms with van der Waals surface area (Å²) in [7, 11) is 1.50. The smallest absolute Gasteiger partial charge is 0.333 e. The molecular formula is C13H25F6N3. The van der Waals surface area contributed by atoms with Crippen LogP contribution in [0.4, 0.5) is 26.3 Å². The van der Waals surface area contributed by atoms with Gasteiger partial charge in [0.1, 0.15) is 0 Å². The first-order valence-electron chi connectivity index (χ1n) is 7.34. The average Bonchev–Trinajstić information content (AvgIpc) is 2.50. The fourth-order valence-corrected chi connectivity index (χ4v) is 2.30. The molecule has 0 spiro atoms. The highest BCUT2D eigenvalue weighted by molar-refractivity contribution is 4.74. The molecule has 2 fully saturated rings. The SMILES string of the molecule is CN.FC(F)(F)C1CCNCC1.FC(F)(F)C1CCNCC1. The molecule has 0 aliphatic carbocycles. The molecule has 0 atom stereocenters. The van der Waals surface area contributed by atoms with E-state index in [9.17, 15) is 26.3 Å². The zero-order chi connectivity index (χ0) is 17.2. The molecule has 0 bridgehead atoms. The van der Waals surface area contributed by atoms with Gasteiger partial charge in [-0.15, -0.1) is 0 Å². The summed E-state index contributed by atoms with van der Waals surface area (Å²) in [5.74, 6) is -2.12. The lowest BCUT2D eigenvalue weighted by Crippen LogP contribution is -2.35. The van der Waals surface area contributed by atoms with Crippen LogP contribution in [0.3, 0.4) is 0 Å². The van der Waals surface area contributed by atoms with E-state index in [1.165, 1.54) is 7.05 Å². The molecule has 0 saturated carbocycles. The van der Waals surface area contributed by atoms with Crippen LogP contribution in [0.2, 0.25) is 0 Å². The lowest BCUT2D eigenvalue weighted by atomic mass is 9.98. The molecule has 2 heterocycles. The lowest BCUT2D eigenvalue weighted by Gasteiger charge is -2.24. The van der Waals surface area contributed by atoms with E-state index in [4.69, 9.17) is 0 Å². The Morgan fingerprint density at radius 3 is 1.00 bits per heavy atom. The molecule has 3 nitrogen and oxygen atoms in total. The van der Waals surface area contributed by atoms with Gasteiger partial charge in [-0.05, 0) is 58.9 Å². The van der Waals surface area contributed by atoms with Gasteiger partial charge >= 0.3 is 12.4 Å². The van der Waals surface area contributed by atoms with Gasteiger partial charge in [-0.25, -0.2) is 0 Å². The van der Waals surface area contributed by atoms with Crippen molar-refractivity contribution in [2.45, 2.75) is 38.0 Å². The third-order valence-corrected chi connectivity index (χ3v) is 3.60. The summed E-state index contributed by atoms with van der Waals surface area (Å²) < 4.78 is 71.5. The number of nitrogens with two attached hydrogens (primary N) is 1. The topological polar surface area (TPSA) is 50.1 Å². The van der Waals surface area contributed by atoms with E-state index >= 15 is 0 Å². The fraction of sp³-hybridized carbons (Fsp3) is 1.00. The molecule has 0 aromatic carbocycles. The standard InChI is InChI=1S/2C6H10F3N.CH5N/c2*7-6(8,9)5-1-3-10-4-2-5;1-2/h2*5,10H,1-4H2;2H2,1H3. The normalized spacial score (nSPS) is 21.3. The van der Waals surface area contributed by atoms with E-state index in [0.717, 1.165) is 0 Å². The number of nitrogens with one attached hydrogen (secondary N) is 2. The summed E-state index contributed by atoms with van der Waals surface area (Å²) >= 11 is 0. The van der Waals surface area contributed by atoms with Crippen molar-refractivity contribution in [2.24, 2.45) is 17.6 Å². The zero-order valence-corrected chi connectivity index (χ0v) is 12.7. The molecule has 134 valence electrons. The Labute approximate surface area is 127 Å². The second kappa shape index (κ2) is 10.3. The van der Waals surface area contributed by atoms with E-state index in [2.05, 4.69) is 16.4 Å². The van der Waals surface area contributed by atoms with Gasteiger partial charge in [0.25, 0.3) is 0 Å².